The zero-order valence-corrected chi connectivity index (χ0v) is 8.87. The SMILES string of the molecule is Oc1cccc2c1NC1CCCCCC21. The van der Waals surface area contributed by atoms with Crippen LogP contribution in [0, 0.1) is 0 Å². The Morgan fingerprint density at radius 1 is 1.13 bits per heavy atom. The lowest BCUT2D eigenvalue weighted by Crippen LogP contribution is -2.18. The Bertz CT molecular complexity index is 375. The molecule has 1 aromatic rings. The van der Waals surface area contributed by atoms with Crippen molar-refractivity contribution in [3.8, 4) is 5.75 Å². The first-order chi connectivity index (χ1) is 7.36. The van der Waals surface area contributed by atoms with Gasteiger partial charge in [-0.05, 0) is 24.5 Å². The van der Waals surface area contributed by atoms with Crippen molar-refractivity contribution in [2.24, 2.45) is 0 Å². The predicted octanol–water partition coefficient (Wildman–Crippen LogP) is 3.23. The average Bonchev–Trinajstić information content (AvgIpc) is 2.45. The number of phenolic OH excluding ortho intramolecular Hbond substituents is 1. The molecule has 1 heterocycles. The molecule has 1 aromatic carbocycles. The highest BCUT2D eigenvalue weighted by Gasteiger charge is 2.33. The van der Waals surface area contributed by atoms with E-state index in [0.717, 1.165) is 5.69 Å². The number of aromatic hydroxyl groups is 1. The molecule has 80 valence electrons. The van der Waals surface area contributed by atoms with Gasteiger partial charge in [-0.15, -0.1) is 0 Å². The van der Waals surface area contributed by atoms with Crippen LogP contribution in [0.4, 0.5) is 5.69 Å². The molecule has 1 saturated carbocycles. The van der Waals surface area contributed by atoms with E-state index in [2.05, 4.69) is 11.4 Å². The van der Waals surface area contributed by atoms with Crippen molar-refractivity contribution in [2.45, 2.75) is 44.1 Å². The van der Waals surface area contributed by atoms with Gasteiger partial charge in [-0.3, -0.25) is 0 Å². The lowest BCUT2D eigenvalue weighted by molar-refractivity contribution is 0.477. The third kappa shape index (κ3) is 1.39. The molecule has 2 heteroatoms. The van der Waals surface area contributed by atoms with Gasteiger partial charge in [0.2, 0.25) is 0 Å². The van der Waals surface area contributed by atoms with Gasteiger partial charge in [-0.2, -0.15) is 0 Å². The van der Waals surface area contributed by atoms with Crippen molar-refractivity contribution in [2.75, 3.05) is 5.32 Å². The maximum atomic E-state index is 9.79. The molecule has 2 nitrogen and oxygen atoms in total. The number of benzene rings is 1. The van der Waals surface area contributed by atoms with Crippen LogP contribution in [0.5, 0.6) is 5.75 Å². The standard InChI is InChI=1S/C13H17NO/c15-12-8-4-6-10-9-5-2-1-3-7-11(9)14-13(10)12/h4,6,8-9,11,14-15H,1-3,5,7H2. The van der Waals surface area contributed by atoms with Crippen LogP contribution >= 0.6 is 0 Å². The zero-order chi connectivity index (χ0) is 10.3. The molecule has 0 spiro atoms. The van der Waals surface area contributed by atoms with Gasteiger partial charge in [0.1, 0.15) is 5.75 Å². The van der Waals surface area contributed by atoms with Gasteiger partial charge in [0, 0.05) is 12.0 Å². The van der Waals surface area contributed by atoms with Crippen molar-refractivity contribution >= 4 is 5.69 Å². The van der Waals surface area contributed by atoms with Gasteiger partial charge in [-0.25, -0.2) is 0 Å². The third-order valence-electron chi connectivity index (χ3n) is 3.82. The van der Waals surface area contributed by atoms with Crippen molar-refractivity contribution in [1.29, 1.82) is 0 Å². The van der Waals surface area contributed by atoms with Crippen molar-refractivity contribution in [3.63, 3.8) is 0 Å². The van der Waals surface area contributed by atoms with E-state index in [4.69, 9.17) is 0 Å². The average molecular weight is 203 g/mol. The summed E-state index contributed by atoms with van der Waals surface area (Å²) < 4.78 is 0. The number of hydrogen-bond acceptors (Lipinski definition) is 2. The van der Waals surface area contributed by atoms with Crippen LogP contribution in [0.1, 0.15) is 43.6 Å². The van der Waals surface area contributed by atoms with Gasteiger partial charge < -0.3 is 10.4 Å². The molecule has 15 heavy (non-hydrogen) atoms. The molecule has 1 aliphatic carbocycles. The molecular weight excluding hydrogens is 186 g/mol. The van der Waals surface area contributed by atoms with E-state index in [0.29, 0.717) is 17.7 Å². The molecule has 0 amide bonds. The molecule has 2 atom stereocenters. The maximum absolute atomic E-state index is 9.79. The van der Waals surface area contributed by atoms with E-state index >= 15 is 0 Å². The fraction of sp³-hybridized carbons (Fsp3) is 0.538. The van der Waals surface area contributed by atoms with Crippen LogP contribution in [0.3, 0.4) is 0 Å². The largest absolute Gasteiger partial charge is 0.506 e. The second-order valence-corrected chi connectivity index (χ2v) is 4.74. The molecule has 3 rings (SSSR count). The van der Waals surface area contributed by atoms with Crippen LogP contribution in [-0.2, 0) is 0 Å². The van der Waals surface area contributed by atoms with Crippen molar-refractivity contribution in [3.05, 3.63) is 23.8 Å². The highest BCUT2D eigenvalue weighted by Crippen LogP contribution is 2.46. The highest BCUT2D eigenvalue weighted by molar-refractivity contribution is 5.67. The summed E-state index contributed by atoms with van der Waals surface area (Å²) in [6.07, 6.45) is 6.54. The Kier molecular flexibility index (Phi) is 2.08. The van der Waals surface area contributed by atoms with Crippen LogP contribution in [-0.4, -0.2) is 11.1 Å². The minimum atomic E-state index is 0.417. The molecular formula is C13H17NO. The number of rotatable bonds is 0. The first-order valence-corrected chi connectivity index (χ1v) is 5.94. The van der Waals surface area contributed by atoms with E-state index in [1.807, 2.05) is 6.07 Å². The normalized spacial score (nSPS) is 28.8. The van der Waals surface area contributed by atoms with Gasteiger partial charge >= 0.3 is 0 Å². The van der Waals surface area contributed by atoms with E-state index < -0.39 is 0 Å². The number of hydrogen-bond donors (Lipinski definition) is 2. The smallest absolute Gasteiger partial charge is 0.138 e. The number of nitrogens with one attached hydrogen (secondary N) is 1. The highest BCUT2D eigenvalue weighted by atomic mass is 16.3. The molecule has 0 radical (unpaired) electrons. The molecule has 0 saturated heterocycles. The third-order valence-corrected chi connectivity index (χ3v) is 3.82. The lowest BCUT2D eigenvalue weighted by atomic mass is 9.91. The fourth-order valence-electron chi connectivity index (χ4n) is 3.06. The summed E-state index contributed by atoms with van der Waals surface area (Å²) in [6, 6.07) is 6.47. The molecule has 0 bridgehead atoms. The lowest BCUT2D eigenvalue weighted by Gasteiger charge is -2.16. The van der Waals surface area contributed by atoms with Crippen molar-refractivity contribution in [1.82, 2.24) is 0 Å². The summed E-state index contributed by atoms with van der Waals surface area (Å²) in [5, 5.41) is 13.3. The van der Waals surface area contributed by atoms with E-state index in [1.165, 1.54) is 37.7 Å². The molecule has 2 aliphatic rings. The fourth-order valence-corrected chi connectivity index (χ4v) is 3.06. The van der Waals surface area contributed by atoms with Crippen molar-refractivity contribution < 1.29 is 5.11 Å². The first-order valence-electron chi connectivity index (χ1n) is 5.94. The number of fused-ring (bicyclic) bond motifs is 3. The summed E-state index contributed by atoms with van der Waals surface area (Å²) in [7, 11) is 0. The van der Waals surface area contributed by atoms with Gasteiger partial charge in [-0.1, -0.05) is 31.4 Å². The predicted molar refractivity (Wildman–Crippen MR) is 61.3 cm³/mol. The Morgan fingerprint density at radius 3 is 2.93 bits per heavy atom. The summed E-state index contributed by atoms with van der Waals surface area (Å²) in [4.78, 5) is 0. The Balaban J connectivity index is 2.00. The minimum Gasteiger partial charge on any atom is -0.506 e. The monoisotopic (exact) mass is 203 g/mol. The second kappa shape index (κ2) is 3.44. The molecule has 1 aliphatic heterocycles. The van der Waals surface area contributed by atoms with E-state index in [-0.39, 0.29) is 0 Å². The Labute approximate surface area is 90.3 Å². The Hall–Kier alpha value is -1.18. The number of phenols is 1. The topological polar surface area (TPSA) is 32.3 Å². The summed E-state index contributed by atoms with van der Waals surface area (Å²) in [6.45, 7) is 0. The summed E-state index contributed by atoms with van der Waals surface area (Å²) in [5.74, 6) is 1.05. The van der Waals surface area contributed by atoms with Gasteiger partial charge in [0.15, 0.2) is 0 Å². The van der Waals surface area contributed by atoms with Crippen LogP contribution in [0.15, 0.2) is 18.2 Å². The molecule has 2 N–H and O–H groups in total. The molecule has 0 aromatic heterocycles. The quantitative estimate of drug-likeness (QED) is 0.634. The van der Waals surface area contributed by atoms with Crippen LogP contribution in [0.25, 0.3) is 0 Å². The maximum Gasteiger partial charge on any atom is 0.138 e. The van der Waals surface area contributed by atoms with Crippen LogP contribution in [0.2, 0.25) is 0 Å². The number of anilines is 1. The Morgan fingerprint density at radius 2 is 2.00 bits per heavy atom. The van der Waals surface area contributed by atoms with Crippen LogP contribution < -0.4 is 5.32 Å². The zero-order valence-electron chi connectivity index (χ0n) is 8.87. The summed E-state index contributed by atoms with van der Waals surface area (Å²) >= 11 is 0. The van der Waals surface area contributed by atoms with Gasteiger partial charge in [0.05, 0.1) is 5.69 Å². The number of para-hydroxylation sites is 1. The molecule has 1 fully saturated rings. The first kappa shape index (κ1) is 9.08. The van der Waals surface area contributed by atoms with E-state index in [1.54, 1.807) is 6.07 Å². The molecule has 2 unspecified atom stereocenters. The van der Waals surface area contributed by atoms with E-state index in [9.17, 15) is 5.11 Å². The minimum absolute atomic E-state index is 0.417. The second-order valence-electron chi connectivity index (χ2n) is 4.74. The van der Waals surface area contributed by atoms with Gasteiger partial charge in [0.25, 0.3) is 0 Å². The summed E-state index contributed by atoms with van der Waals surface area (Å²) in [5.41, 5.74) is 2.33.